The molecule has 2 aromatic heterocycles. The maximum absolute atomic E-state index is 6.00. The molecule has 3 rings (SSSR count). The van der Waals surface area contributed by atoms with Crippen LogP contribution in [0.25, 0.3) is 22.4 Å². The first-order valence-corrected chi connectivity index (χ1v) is 6.47. The van der Waals surface area contributed by atoms with Crippen molar-refractivity contribution in [2.75, 3.05) is 5.73 Å². The third-order valence-electron chi connectivity index (χ3n) is 3.38. The standard InChI is InChI=1S/C14H17N5/c1-3-6-10-12(13(15)18-17-10)14-16-9-7-4-5-8-11(9)19(14)2/h4-5,7-8H,3,6H2,1-2H3,(H3,15,17,18). The van der Waals surface area contributed by atoms with Crippen molar-refractivity contribution in [3.63, 3.8) is 0 Å². The minimum absolute atomic E-state index is 0.516. The first kappa shape index (κ1) is 11.8. The zero-order valence-corrected chi connectivity index (χ0v) is 11.1. The van der Waals surface area contributed by atoms with Crippen molar-refractivity contribution in [1.29, 1.82) is 0 Å². The predicted molar refractivity (Wildman–Crippen MR) is 76.7 cm³/mol. The van der Waals surface area contributed by atoms with E-state index in [4.69, 9.17) is 5.73 Å². The van der Waals surface area contributed by atoms with E-state index in [1.54, 1.807) is 0 Å². The molecular formula is C14H17N5. The number of aryl methyl sites for hydroxylation is 2. The summed E-state index contributed by atoms with van der Waals surface area (Å²) in [5, 5.41) is 7.14. The highest BCUT2D eigenvalue weighted by molar-refractivity contribution is 5.83. The van der Waals surface area contributed by atoms with Gasteiger partial charge in [-0.05, 0) is 18.6 Å². The van der Waals surface area contributed by atoms with Crippen LogP contribution in [0.4, 0.5) is 5.82 Å². The van der Waals surface area contributed by atoms with Crippen LogP contribution in [0.5, 0.6) is 0 Å². The van der Waals surface area contributed by atoms with Gasteiger partial charge in [0.15, 0.2) is 5.82 Å². The maximum Gasteiger partial charge on any atom is 0.156 e. The summed E-state index contributed by atoms with van der Waals surface area (Å²) in [7, 11) is 2.01. The second kappa shape index (κ2) is 4.42. The lowest BCUT2D eigenvalue weighted by molar-refractivity contribution is 0.864. The number of benzene rings is 1. The largest absolute Gasteiger partial charge is 0.382 e. The van der Waals surface area contributed by atoms with E-state index in [1.165, 1.54) is 0 Å². The molecule has 3 N–H and O–H groups in total. The van der Waals surface area contributed by atoms with Gasteiger partial charge in [-0.2, -0.15) is 5.10 Å². The number of nitrogen functional groups attached to an aromatic ring is 1. The normalized spacial score (nSPS) is 11.3. The number of anilines is 1. The Bertz CT molecular complexity index is 723. The average molecular weight is 255 g/mol. The van der Waals surface area contributed by atoms with Gasteiger partial charge < -0.3 is 10.3 Å². The summed E-state index contributed by atoms with van der Waals surface area (Å²) in [6.07, 6.45) is 1.96. The smallest absolute Gasteiger partial charge is 0.156 e. The van der Waals surface area contributed by atoms with E-state index in [0.29, 0.717) is 5.82 Å². The third-order valence-corrected chi connectivity index (χ3v) is 3.38. The molecule has 0 atom stereocenters. The molecular weight excluding hydrogens is 238 g/mol. The average Bonchev–Trinajstić information content (AvgIpc) is 2.92. The van der Waals surface area contributed by atoms with Gasteiger partial charge in [0, 0.05) is 12.7 Å². The number of nitrogens with zero attached hydrogens (tertiary/aromatic N) is 3. The van der Waals surface area contributed by atoms with Crippen LogP contribution in [-0.2, 0) is 13.5 Å². The van der Waals surface area contributed by atoms with Crippen LogP contribution < -0.4 is 5.73 Å². The Morgan fingerprint density at radius 3 is 2.84 bits per heavy atom. The van der Waals surface area contributed by atoms with E-state index in [-0.39, 0.29) is 0 Å². The van der Waals surface area contributed by atoms with Gasteiger partial charge in [0.25, 0.3) is 0 Å². The van der Waals surface area contributed by atoms with Gasteiger partial charge in [-0.15, -0.1) is 0 Å². The molecule has 19 heavy (non-hydrogen) atoms. The van der Waals surface area contributed by atoms with Crippen molar-refractivity contribution >= 4 is 16.9 Å². The second-order valence-electron chi connectivity index (χ2n) is 4.70. The zero-order valence-electron chi connectivity index (χ0n) is 11.1. The van der Waals surface area contributed by atoms with E-state index in [0.717, 1.165) is 41.0 Å². The Kier molecular flexibility index (Phi) is 2.74. The van der Waals surface area contributed by atoms with Crippen LogP contribution in [0.3, 0.4) is 0 Å². The van der Waals surface area contributed by atoms with E-state index in [1.807, 2.05) is 25.2 Å². The minimum atomic E-state index is 0.516. The molecule has 3 aromatic rings. The number of nitrogens with two attached hydrogens (primary N) is 1. The highest BCUT2D eigenvalue weighted by Crippen LogP contribution is 2.30. The maximum atomic E-state index is 6.00. The highest BCUT2D eigenvalue weighted by Gasteiger charge is 2.18. The van der Waals surface area contributed by atoms with Gasteiger partial charge in [-0.1, -0.05) is 25.5 Å². The Hall–Kier alpha value is -2.30. The molecule has 0 aliphatic carbocycles. The lowest BCUT2D eigenvalue weighted by atomic mass is 10.1. The third kappa shape index (κ3) is 1.78. The van der Waals surface area contributed by atoms with Gasteiger partial charge in [0.2, 0.25) is 0 Å². The molecule has 5 heteroatoms. The monoisotopic (exact) mass is 255 g/mol. The van der Waals surface area contributed by atoms with Crippen molar-refractivity contribution < 1.29 is 0 Å². The fourth-order valence-corrected chi connectivity index (χ4v) is 2.44. The lowest BCUT2D eigenvalue weighted by Gasteiger charge is -2.04. The summed E-state index contributed by atoms with van der Waals surface area (Å²) in [5.74, 6) is 1.39. The molecule has 0 amide bonds. The number of para-hydroxylation sites is 2. The first-order valence-electron chi connectivity index (χ1n) is 6.47. The van der Waals surface area contributed by atoms with Gasteiger partial charge in [-0.3, -0.25) is 5.10 Å². The summed E-state index contributed by atoms with van der Waals surface area (Å²) >= 11 is 0. The summed E-state index contributed by atoms with van der Waals surface area (Å²) in [6, 6.07) is 8.07. The molecule has 0 radical (unpaired) electrons. The number of aromatic nitrogens is 4. The number of H-pyrrole nitrogens is 1. The Morgan fingerprint density at radius 2 is 2.11 bits per heavy atom. The SMILES string of the molecule is CCCc1[nH]nc(N)c1-c1nc2ccccc2n1C. The number of hydrogen-bond donors (Lipinski definition) is 2. The summed E-state index contributed by atoms with van der Waals surface area (Å²) < 4.78 is 2.07. The Morgan fingerprint density at radius 1 is 1.32 bits per heavy atom. The van der Waals surface area contributed by atoms with Crippen molar-refractivity contribution in [3.8, 4) is 11.4 Å². The number of fused-ring (bicyclic) bond motifs is 1. The number of aromatic amines is 1. The fourth-order valence-electron chi connectivity index (χ4n) is 2.44. The van der Waals surface area contributed by atoms with Crippen LogP contribution in [0.2, 0.25) is 0 Å². The Labute approximate surface area is 111 Å². The van der Waals surface area contributed by atoms with Gasteiger partial charge >= 0.3 is 0 Å². The van der Waals surface area contributed by atoms with Crippen LogP contribution in [-0.4, -0.2) is 19.7 Å². The molecule has 0 unspecified atom stereocenters. The molecule has 0 spiro atoms. The molecule has 0 saturated carbocycles. The van der Waals surface area contributed by atoms with Gasteiger partial charge in [0.05, 0.1) is 16.6 Å². The topological polar surface area (TPSA) is 72.5 Å². The molecule has 0 aliphatic heterocycles. The molecule has 0 saturated heterocycles. The minimum Gasteiger partial charge on any atom is -0.382 e. The lowest BCUT2D eigenvalue weighted by Crippen LogP contribution is -1.98. The van der Waals surface area contributed by atoms with Crippen LogP contribution in [0.15, 0.2) is 24.3 Å². The van der Waals surface area contributed by atoms with Crippen LogP contribution in [0.1, 0.15) is 19.0 Å². The number of hydrogen-bond acceptors (Lipinski definition) is 3. The summed E-state index contributed by atoms with van der Waals surface area (Å²) in [4.78, 5) is 4.68. The molecule has 0 bridgehead atoms. The first-order chi connectivity index (χ1) is 9.22. The van der Waals surface area contributed by atoms with E-state index in [2.05, 4.69) is 32.7 Å². The molecule has 5 nitrogen and oxygen atoms in total. The zero-order chi connectivity index (χ0) is 13.4. The quantitative estimate of drug-likeness (QED) is 0.755. The van der Waals surface area contributed by atoms with Crippen molar-refractivity contribution in [2.24, 2.45) is 7.05 Å². The fraction of sp³-hybridized carbons (Fsp3) is 0.286. The van der Waals surface area contributed by atoms with Crippen molar-refractivity contribution in [1.82, 2.24) is 19.7 Å². The van der Waals surface area contributed by atoms with Crippen LogP contribution >= 0.6 is 0 Å². The second-order valence-corrected chi connectivity index (χ2v) is 4.70. The number of nitrogens with one attached hydrogen (secondary N) is 1. The van der Waals surface area contributed by atoms with E-state index < -0.39 is 0 Å². The van der Waals surface area contributed by atoms with Gasteiger partial charge in [-0.25, -0.2) is 4.98 Å². The Balaban J connectivity index is 2.24. The molecule has 98 valence electrons. The van der Waals surface area contributed by atoms with Gasteiger partial charge in [0.1, 0.15) is 5.82 Å². The molecule has 0 aliphatic rings. The predicted octanol–water partition coefficient (Wildman–Crippen LogP) is 2.50. The number of rotatable bonds is 3. The number of imidazole rings is 1. The van der Waals surface area contributed by atoms with E-state index >= 15 is 0 Å². The summed E-state index contributed by atoms with van der Waals surface area (Å²) in [6.45, 7) is 2.13. The van der Waals surface area contributed by atoms with Crippen molar-refractivity contribution in [3.05, 3.63) is 30.0 Å². The van der Waals surface area contributed by atoms with E-state index in [9.17, 15) is 0 Å². The molecule has 1 aromatic carbocycles. The molecule has 0 fully saturated rings. The molecule has 2 heterocycles. The highest BCUT2D eigenvalue weighted by atomic mass is 15.2. The summed E-state index contributed by atoms with van der Waals surface area (Å²) in [5.41, 5.74) is 10.1. The van der Waals surface area contributed by atoms with Crippen LogP contribution in [0, 0.1) is 0 Å². The van der Waals surface area contributed by atoms with Crippen molar-refractivity contribution in [2.45, 2.75) is 19.8 Å².